The maximum Gasteiger partial charge on any atom is 0.175 e. The highest BCUT2D eigenvalue weighted by molar-refractivity contribution is 7.90. The van der Waals surface area contributed by atoms with Gasteiger partial charge in [-0.05, 0) is 30.3 Å². The van der Waals surface area contributed by atoms with E-state index in [4.69, 9.17) is 40.5 Å². The number of rotatable bonds is 3. The molecule has 0 aromatic heterocycles. The van der Waals surface area contributed by atoms with Crippen molar-refractivity contribution in [3.63, 3.8) is 0 Å². The molecule has 21 heavy (non-hydrogen) atoms. The first-order valence-corrected chi connectivity index (χ1v) is 8.72. The Kier molecular flexibility index (Phi) is 4.58. The summed E-state index contributed by atoms with van der Waals surface area (Å²) in [6, 6.07) is 7.47. The van der Waals surface area contributed by atoms with Gasteiger partial charge in [0, 0.05) is 6.26 Å². The van der Waals surface area contributed by atoms with Crippen molar-refractivity contribution in [1.82, 2.24) is 0 Å². The summed E-state index contributed by atoms with van der Waals surface area (Å²) >= 11 is 17.9. The van der Waals surface area contributed by atoms with Crippen LogP contribution in [-0.4, -0.2) is 14.7 Å². The van der Waals surface area contributed by atoms with Crippen molar-refractivity contribution in [1.29, 1.82) is 0 Å². The lowest BCUT2D eigenvalue weighted by molar-refractivity contribution is 0.602. The van der Waals surface area contributed by atoms with Gasteiger partial charge in [0.1, 0.15) is 0 Å². The standard InChI is InChI=1S/C13H11Cl3N2O2S/c1-21(19,20)7-2-3-12(11(17)4-7)18-13-6-9(15)8(14)5-10(13)16/h2-6,18H,17H2,1H3. The monoisotopic (exact) mass is 364 g/mol. The first-order chi connectivity index (χ1) is 9.68. The van der Waals surface area contributed by atoms with Gasteiger partial charge in [0.2, 0.25) is 0 Å². The molecule has 3 N–H and O–H groups in total. The molecule has 2 aromatic carbocycles. The van der Waals surface area contributed by atoms with Crippen LogP contribution in [-0.2, 0) is 9.84 Å². The summed E-state index contributed by atoms with van der Waals surface area (Å²) in [6.07, 6.45) is 1.12. The minimum atomic E-state index is -3.31. The number of nitrogens with one attached hydrogen (secondary N) is 1. The highest BCUT2D eigenvalue weighted by Gasteiger charge is 2.11. The van der Waals surface area contributed by atoms with Crippen molar-refractivity contribution < 1.29 is 8.42 Å². The van der Waals surface area contributed by atoms with E-state index in [9.17, 15) is 8.42 Å². The number of anilines is 3. The topological polar surface area (TPSA) is 72.2 Å². The van der Waals surface area contributed by atoms with E-state index in [0.29, 0.717) is 26.4 Å². The van der Waals surface area contributed by atoms with Gasteiger partial charge in [0.15, 0.2) is 9.84 Å². The van der Waals surface area contributed by atoms with Gasteiger partial charge in [-0.15, -0.1) is 0 Å². The molecule has 0 unspecified atom stereocenters. The van der Waals surface area contributed by atoms with E-state index in [1.54, 1.807) is 12.1 Å². The number of nitrogen functional groups attached to an aromatic ring is 1. The molecule has 0 bridgehead atoms. The molecule has 8 heteroatoms. The first kappa shape index (κ1) is 16.2. The van der Waals surface area contributed by atoms with Crippen LogP contribution in [0.3, 0.4) is 0 Å². The van der Waals surface area contributed by atoms with E-state index in [1.807, 2.05) is 0 Å². The Labute approximate surface area is 137 Å². The zero-order valence-electron chi connectivity index (χ0n) is 10.8. The van der Waals surface area contributed by atoms with Crippen LogP contribution in [0, 0.1) is 0 Å². The summed E-state index contributed by atoms with van der Waals surface area (Å²) in [6.45, 7) is 0. The Morgan fingerprint density at radius 2 is 1.57 bits per heavy atom. The highest BCUT2D eigenvalue weighted by Crippen LogP contribution is 2.35. The molecular formula is C13H11Cl3N2O2S. The van der Waals surface area contributed by atoms with Crippen LogP contribution >= 0.6 is 34.8 Å². The number of hydrogen-bond donors (Lipinski definition) is 2. The van der Waals surface area contributed by atoms with Crippen molar-refractivity contribution in [2.45, 2.75) is 4.90 Å². The molecule has 112 valence electrons. The SMILES string of the molecule is CS(=O)(=O)c1ccc(Nc2cc(Cl)c(Cl)cc2Cl)c(N)c1. The molecule has 0 aliphatic carbocycles. The Morgan fingerprint density at radius 3 is 2.14 bits per heavy atom. The molecule has 0 spiro atoms. The molecule has 0 fully saturated rings. The zero-order chi connectivity index (χ0) is 15.8. The van der Waals surface area contributed by atoms with Crippen LogP contribution in [0.4, 0.5) is 17.1 Å². The van der Waals surface area contributed by atoms with Crippen molar-refractivity contribution in [2.24, 2.45) is 0 Å². The zero-order valence-corrected chi connectivity index (χ0v) is 13.9. The predicted molar refractivity (Wildman–Crippen MR) is 88.7 cm³/mol. The lowest BCUT2D eigenvalue weighted by Gasteiger charge is -2.12. The van der Waals surface area contributed by atoms with Crippen LogP contribution in [0.25, 0.3) is 0 Å². The van der Waals surface area contributed by atoms with Crippen molar-refractivity contribution in [2.75, 3.05) is 17.3 Å². The number of sulfone groups is 1. The van der Waals surface area contributed by atoms with E-state index in [2.05, 4.69) is 5.32 Å². The summed E-state index contributed by atoms with van der Waals surface area (Å²) in [5.41, 5.74) is 7.17. The predicted octanol–water partition coefficient (Wildman–Crippen LogP) is 4.38. The minimum Gasteiger partial charge on any atom is -0.397 e. The average Bonchev–Trinajstić information content (AvgIpc) is 2.36. The third-order valence-corrected chi connectivity index (χ3v) is 4.88. The Balaban J connectivity index is 2.39. The van der Waals surface area contributed by atoms with E-state index in [1.165, 1.54) is 18.2 Å². The molecule has 2 rings (SSSR count). The Hall–Kier alpha value is -1.14. The molecule has 0 aliphatic rings. The van der Waals surface area contributed by atoms with Crippen LogP contribution in [0.15, 0.2) is 35.2 Å². The molecule has 0 amide bonds. The van der Waals surface area contributed by atoms with Crippen LogP contribution in [0.2, 0.25) is 15.1 Å². The van der Waals surface area contributed by atoms with Crippen molar-refractivity contribution in [3.05, 3.63) is 45.4 Å². The second-order valence-electron chi connectivity index (χ2n) is 4.39. The van der Waals surface area contributed by atoms with E-state index in [-0.39, 0.29) is 10.6 Å². The quantitative estimate of drug-likeness (QED) is 0.625. The maximum absolute atomic E-state index is 11.5. The highest BCUT2D eigenvalue weighted by atomic mass is 35.5. The van der Waals surface area contributed by atoms with E-state index < -0.39 is 9.84 Å². The molecule has 2 aromatic rings. The molecule has 0 heterocycles. The fourth-order valence-electron chi connectivity index (χ4n) is 1.65. The number of benzene rings is 2. The molecule has 0 saturated heterocycles. The number of hydrogen-bond acceptors (Lipinski definition) is 4. The van der Waals surface area contributed by atoms with Gasteiger partial charge >= 0.3 is 0 Å². The summed E-state index contributed by atoms with van der Waals surface area (Å²) in [5, 5.41) is 4.05. The minimum absolute atomic E-state index is 0.144. The lowest BCUT2D eigenvalue weighted by atomic mass is 10.2. The van der Waals surface area contributed by atoms with Gasteiger partial charge in [0.05, 0.1) is 37.0 Å². The molecular weight excluding hydrogens is 355 g/mol. The molecule has 0 saturated carbocycles. The van der Waals surface area contributed by atoms with Crippen LogP contribution in [0.1, 0.15) is 0 Å². The average molecular weight is 366 g/mol. The smallest absolute Gasteiger partial charge is 0.175 e. The Bertz CT molecular complexity index is 807. The normalized spacial score (nSPS) is 11.4. The first-order valence-electron chi connectivity index (χ1n) is 5.69. The summed E-state index contributed by atoms with van der Waals surface area (Å²) in [7, 11) is -3.31. The van der Waals surface area contributed by atoms with Crippen LogP contribution in [0.5, 0.6) is 0 Å². The third kappa shape index (κ3) is 3.74. The molecule has 0 aliphatic heterocycles. The lowest BCUT2D eigenvalue weighted by Crippen LogP contribution is -2.01. The Morgan fingerprint density at radius 1 is 0.952 bits per heavy atom. The number of halogens is 3. The summed E-state index contributed by atoms with van der Waals surface area (Å²) in [5.74, 6) is 0. The third-order valence-electron chi connectivity index (χ3n) is 2.73. The molecule has 0 atom stereocenters. The fourth-order valence-corrected chi connectivity index (χ4v) is 2.90. The second-order valence-corrected chi connectivity index (χ2v) is 7.63. The number of nitrogens with two attached hydrogens (primary N) is 1. The molecule has 4 nitrogen and oxygen atoms in total. The fraction of sp³-hybridized carbons (Fsp3) is 0.0769. The van der Waals surface area contributed by atoms with Crippen LogP contribution < -0.4 is 11.1 Å². The largest absolute Gasteiger partial charge is 0.397 e. The van der Waals surface area contributed by atoms with Gasteiger partial charge in [0.25, 0.3) is 0 Å². The van der Waals surface area contributed by atoms with Gasteiger partial charge < -0.3 is 11.1 Å². The van der Waals surface area contributed by atoms with Gasteiger partial charge in [-0.25, -0.2) is 8.42 Å². The summed E-state index contributed by atoms with van der Waals surface area (Å²) < 4.78 is 22.9. The second kappa shape index (κ2) is 5.93. The van der Waals surface area contributed by atoms with E-state index >= 15 is 0 Å². The van der Waals surface area contributed by atoms with Gasteiger partial charge in [-0.3, -0.25) is 0 Å². The maximum atomic E-state index is 11.5. The van der Waals surface area contributed by atoms with E-state index in [0.717, 1.165) is 6.26 Å². The van der Waals surface area contributed by atoms with Crippen molar-refractivity contribution >= 4 is 61.7 Å². The van der Waals surface area contributed by atoms with Gasteiger partial charge in [-0.2, -0.15) is 0 Å². The molecule has 0 radical (unpaired) electrons. The van der Waals surface area contributed by atoms with Gasteiger partial charge in [-0.1, -0.05) is 34.8 Å². The summed E-state index contributed by atoms with van der Waals surface area (Å²) in [4.78, 5) is 0.144. The van der Waals surface area contributed by atoms with Crippen molar-refractivity contribution in [3.8, 4) is 0 Å².